The monoisotopic (exact) mass is 252 g/mol. The van der Waals surface area contributed by atoms with Crippen molar-refractivity contribution in [3.05, 3.63) is 29.8 Å². The van der Waals surface area contributed by atoms with Gasteiger partial charge in [-0.1, -0.05) is 12.1 Å². The first-order chi connectivity index (χ1) is 8.24. The first kappa shape index (κ1) is 12.5. The summed E-state index contributed by atoms with van der Waals surface area (Å²) in [7, 11) is 0. The van der Waals surface area contributed by atoms with E-state index in [4.69, 9.17) is 9.84 Å². The molecule has 2 rings (SSSR count). The van der Waals surface area contributed by atoms with Crippen molar-refractivity contribution in [1.82, 2.24) is 0 Å². The number of hydrogen-bond acceptors (Lipinski definition) is 3. The summed E-state index contributed by atoms with van der Waals surface area (Å²) in [4.78, 5) is 11.8. The zero-order chi connectivity index (χ0) is 12.1. The number of carboxylic acid groups (broad SMARTS) is 1. The van der Waals surface area contributed by atoms with Crippen LogP contribution in [0.4, 0.5) is 0 Å². The quantitative estimate of drug-likeness (QED) is 0.894. The van der Waals surface area contributed by atoms with Crippen LogP contribution in [0.25, 0.3) is 0 Å². The van der Waals surface area contributed by atoms with E-state index in [0.29, 0.717) is 5.25 Å². The Bertz CT molecular complexity index is 369. The molecular formula is C13H16O3S. The lowest BCUT2D eigenvalue weighted by Crippen LogP contribution is -2.17. The molecule has 4 heteroatoms. The number of hydrogen-bond donors (Lipinski definition) is 1. The van der Waals surface area contributed by atoms with Crippen molar-refractivity contribution >= 4 is 17.7 Å². The maximum atomic E-state index is 10.6. The van der Waals surface area contributed by atoms with E-state index >= 15 is 0 Å². The molecule has 0 amide bonds. The van der Waals surface area contributed by atoms with Crippen LogP contribution in [-0.2, 0) is 16.0 Å². The lowest BCUT2D eigenvalue weighted by molar-refractivity contribution is -0.136. The molecular weight excluding hydrogens is 236 g/mol. The molecule has 1 saturated heterocycles. The van der Waals surface area contributed by atoms with Crippen LogP contribution in [0.2, 0.25) is 0 Å². The Morgan fingerprint density at radius 1 is 1.29 bits per heavy atom. The van der Waals surface area contributed by atoms with Crippen LogP contribution in [0, 0.1) is 0 Å². The minimum Gasteiger partial charge on any atom is -0.481 e. The third-order valence-electron chi connectivity index (χ3n) is 2.75. The predicted octanol–water partition coefficient (Wildman–Crippen LogP) is 2.58. The van der Waals surface area contributed by atoms with Gasteiger partial charge in [0.05, 0.1) is 6.42 Å². The van der Waals surface area contributed by atoms with Gasteiger partial charge in [0.1, 0.15) is 0 Å². The Balaban J connectivity index is 1.90. The van der Waals surface area contributed by atoms with Gasteiger partial charge >= 0.3 is 5.97 Å². The molecule has 1 fully saturated rings. The zero-order valence-electron chi connectivity index (χ0n) is 9.59. The summed E-state index contributed by atoms with van der Waals surface area (Å²) in [6, 6.07) is 7.82. The molecule has 0 spiro atoms. The summed E-state index contributed by atoms with van der Waals surface area (Å²) in [5.41, 5.74) is 0.855. The van der Waals surface area contributed by atoms with Gasteiger partial charge in [0, 0.05) is 23.4 Å². The maximum absolute atomic E-state index is 10.6. The Labute approximate surface area is 105 Å². The van der Waals surface area contributed by atoms with Crippen molar-refractivity contribution in [1.29, 1.82) is 0 Å². The van der Waals surface area contributed by atoms with Gasteiger partial charge in [-0.05, 0) is 30.5 Å². The topological polar surface area (TPSA) is 46.5 Å². The first-order valence-electron chi connectivity index (χ1n) is 5.79. The highest BCUT2D eigenvalue weighted by Crippen LogP contribution is 2.29. The fourth-order valence-corrected chi connectivity index (χ4v) is 2.95. The van der Waals surface area contributed by atoms with Crippen molar-refractivity contribution in [2.75, 3.05) is 13.2 Å². The van der Waals surface area contributed by atoms with Crippen molar-refractivity contribution in [2.45, 2.75) is 29.4 Å². The van der Waals surface area contributed by atoms with E-state index in [-0.39, 0.29) is 6.42 Å². The third kappa shape index (κ3) is 4.06. The van der Waals surface area contributed by atoms with Gasteiger partial charge in [-0.25, -0.2) is 0 Å². The normalized spacial score (nSPS) is 16.9. The van der Waals surface area contributed by atoms with Gasteiger partial charge in [-0.2, -0.15) is 0 Å². The molecule has 1 aliphatic rings. The van der Waals surface area contributed by atoms with Gasteiger partial charge < -0.3 is 9.84 Å². The number of ether oxygens (including phenoxy) is 1. The van der Waals surface area contributed by atoms with Crippen LogP contribution >= 0.6 is 11.8 Å². The molecule has 1 heterocycles. The Hall–Kier alpha value is -1.00. The molecule has 0 atom stereocenters. The second-order valence-electron chi connectivity index (χ2n) is 4.14. The molecule has 0 unspecified atom stereocenters. The number of rotatable bonds is 4. The number of thioether (sulfide) groups is 1. The summed E-state index contributed by atoms with van der Waals surface area (Å²) < 4.78 is 5.32. The molecule has 1 aliphatic heterocycles. The lowest BCUT2D eigenvalue weighted by Gasteiger charge is -2.21. The molecule has 0 aliphatic carbocycles. The van der Waals surface area contributed by atoms with Crippen LogP contribution in [0.3, 0.4) is 0 Å². The van der Waals surface area contributed by atoms with E-state index in [9.17, 15) is 4.79 Å². The summed E-state index contributed by atoms with van der Waals surface area (Å²) in [5, 5.41) is 9.31. The average Bonchev–Trinajstić information content (AvgIpc) is 2.32. The van der Waals surface area contributed by atoms with Crippen LogP contribution in [0.15, 0.2) is 29.2 Å². The van der Waals surface area contributed by atoms with Gasteiger partial charge in [-0.15, -0.1) is 11.8 Å². The first-order valence-corrected chi connectivity index (χ1v) is 6.67. The molecule has 1 aromatic carbocycles. The largest absolute Gasteiger partial charge is 0.481 e. The SMILES string of the molecule is O=C(O)Cc1ccc(SC2CCOCC2)cc1. The fraction of sp³-hybridized carbons (Fsp3) is 0.462. The fourth-order valence-electron chi connectivity index (χ4n) is 1.85. The van der Waals surface area contributed by atoms with Crippen LogP contribution in [0.1, 0.15) is 18.4 Å². The van der Waals surface area contributed by atoms with E-state index in [1.54, 1.807) is 0 Å². The molecule has 0 aromatic heterocycles. The predicted molar refractivity (Wildman–Crippen MR) is 67.5 cm³/mol. The van der Waals surface area contributed by atoms with Crippen molar-refractivity contribution < 1.29 is 14.6 Å². The highest BCUT2D eigenvalue weighted by atomic mass is 32.2. The van der Waals surface area contributed by atoms with Crippen molar-refractivity contribution in [3.8, 4) is 0 Å². The van der Waals surface area contributed by atoms with Crippen molar-refractivity contribution in [3.63, 3.8) is 0 Å². The van der Waals surface area contributed by atoms with E-state index in [1.165, 1.54) is 4.90 Å². The summed E-state index contributed by atoms with van der Waals surface area (Å²) in [5.74, 6) is -0.783. The smallest absolute Gasteiger partial charge is 0.307 e. The summed E-state index contributed by atoms with van der Waals surface area (Å²) in [6.45, 7) is 1.71. The van der Waals surface area contributed by atoms with Crippen LogP contribution < -0.4 is 0 Å². The molecule has 0 radical (unpaired) electrons. The Morgan fingerprint density at radius 2 is 1.94 bits per heavy atom. The van der Waals surface area contributed by atoms with Gasteiger partial charge in [0.15, 0.2) is 0 Å². The maximum Gasteiger partial charge on any atom is 0.307 e. The van der Waals surface area contributed by atoms with E-state index in [2.05, 4.69) is 0 Å². The summed E-state index contributed by atoms with van der Waals surface area (Å²) in [6.07, 6.45) is 2.30. The zero-order valence-corrected chi connectivity index (χ0v) is 10.4. The average molecular weight is 252 g/mol. The number of aliphatic carboxylic acids is 1. The molecule has 0 bridgehead atoms. The second-order valence-corrected chi connectivity index (χ2v) is 5.52. The molecule has 92 valence electrons. The highest BCUT2D eigenvalue weighted by Gasteiger charge is 2.14. The molecule has 1 N–H and O–H groups in total. The van der Waals surface area contributed by atoms with E-state index in [1.807, 2.05) is 36.0 Å². The van der Waals surface area contributed by atoms with Crippen LogP contribution in [0.5, 0.6) is 0 Å². The van der Waals surface area contributed by atoms with Gasteiger partial charge in [0.25, 0.3) is 0 Å². The minimum absolute atomic E-state index is 0.0994. The Kier molecular flexibility index (Phi) is 4.45. The highest BCUT2D eigenvalue weighted by molar-refractivity contribution is 8.00. The number of carbonyl (C=O) groups is 1. The number of benzene rings is 1. The summed E-state index contributed by atoms with van der Waals surface area (Å²) >= 11 is 1.86. The molecule has 17 heavy (non-hydrogen) atoms. The van der Waals surface area contributed by atoms with Gasteiger partial charge in [0.2, 0.25) is 0 Å². The minimum atomic E-state index is -0.783. The number of carboxylic acids is 1. The standard InChI is InChI=1S/C13H16O3S/c14-13(15)9-10-1-3-11(4-2-10)17-12-5-7-16-8-6-12/h1-4,12H,5-9H2,(H,14,15). The third-order valence-corrected chi connectivity index (χ3v) is 4.10. The lowest BCUT2D eigenvalue weighted by atomic mass is 10.2. The van der Waals surface area contributed by atoms with Crippen LogP contribution in [-0.4, -0.2) is 29.5 Å². The molecule has 0 saturated carbocycles. The second kappa shape index (κ2) is 6.07. The van der Waals surface area contributed by atoms with E-state index in [0.717, 1.165) is 31.6 Å². The van der Waals surface area contributed by atoms with Gasteiger partial charge in [-0.3, -0.25) is 4.79 Å². The van der Waals surface area contributed by atoms with E-state index < -0.39 is 5.97 Å². The molecule has 3 nitrogen and oxygen atoms in total. The molecule has 1 aromatic rings. The van der Waals surface area contributed by atoms with Crippen molar-refractivity contribution in [2.24, 2.45) is 0 Å². The Morgan fingerprint density at radius 3 is 2.53 bits per heavy atom.